The van der Waals surface area contributed by atoms with Crippen molar-refractivity contribution in [3.8, 4) is 0 Å². The second-order valence-electron chi connectivity index (χ2n) is 5.46. The van der Waals surface area contributed by atoms with E-state index in [9.17, 15) is 9.59 Å². The summed E-state index contributed by atoms with van der Waals surface area (Å²) in [7, 11) is 0. The largest absolute Gasteiger partial charge is 0.480 e. The maximum atomic E-state index is 11.7. The number of ether oxygens (including phenoxy) is 1. The van der Waals surface area contributed by atoms with Crippen LogP contribution in [-0.4, -0.2) is 47.7 Å². The number of carbonyl (C=O) groups is 2. The highest BCUT2D eigenvalue weighted by molar-refractivity contribution is 5.69. The van der Waals surface area contributed by atoms with Gasteiger partial charge < -0.3 is 15.2 Å². The topological polar surface area (TPSA) is 78.9 Å². The number of hydrogen-bond donors (Lipinski definition) is 2. The molecule has 0 saturated carbocycles. The smallest absolute Gasteiger partial charge is 0.407 e. The van der Waals surface area contributed by atoms with Gasteiger partial charge in [-0.3, -0.25) is 9.69 Å². The Labute approximate surface area is 130 Å². The minimum atomic E-state index is -0.835. The number of amides is 1. The minimum Gasteiger partial charge on any atom is -0.480 e. The standard InChI is InChI=1S/C16H22N2O4/c19-15(20)11-18-9-5-4-8-14(18)10-17-16(21)22-12-13-6-2-1-3-7-13/h1-3,6-7,14H,4-5,8-12H2,(H,17,21)(H,19,20)/t14-/m1/s1. The molecule has 1 saturated heterocycles. The van der Waals surface area contributed by atoms with Crippen molar-refractivity contribution in [2.45, 2.75) is 31.9 Å². The van der Waals surface area contributed by atoms with E-state index in [-0.39, 0.29) is 19.2 Å². The van der Waals surface area contributed by atoms with Crippen molar-refractivity contribution >= 4 is 12.1 Å². The second-order valence-corrected chi connectivity index (χ2v) is 5.46. The highest BCUT2D eigenvalue weighted by Crippen LogP contribution is 2.16. The minimum absolute atomic E-state index is 0.0193. The van der Waals surface area contributed by atoms with Gasteiger partial charge in [-0.15, -0.1) is 0 Å². The van der Waals surface area contributed by atoms with E-state index in [1.165, 1.54) is 0 Å². The lowest BCUT2D eigenvalue weighted by atomic mass is 10.0. The average molecular weight is 306 g/mol. The Balaban J connectivity index is 1.73. The Morgan fingerprint density at radius 1 is 1.27 bits per heavy atom. The van der Waals surface area contributed by atoms with Crippen molar-refractivity contribution in [2.24, 2.45) is 0 Å². The molecule has 1 amide bonds. The Bertz CT molecular complexity index is 492. The molecule has 1 aliphatic rings. The van der Waals surface area contributed by atoms with Gasteiger partial charge in [-0.1, -0.05) is 36.8 Å². The molecule has 1 fully saturated rings. The zero-order valence-corrected chi connectivity index (χ0v) is 12.5. The monoisotopic (exact) mass is 306 g/mol. The Kier molecular flexibility index (Phi) is 6.21. The quantitative estimate of drug-likeness (QED) is 0.838. The van der Waals surface area contributed by atoms with E-state index in [1.54, 1.807) is 0 Å². The summed E-state index contributed by atoms with van der Waals surface area (Å²) in [6.45, 7) is 1.43. The van der Waals surface area contributed by atoms with E-state index in [0.717, 1.165) is 31.4 Å². The van der Waals surface area contributed by atoms with Gasteiger partial charge in [-0.05, 0) is 24.9 Å². The van der Waals surface area contributed by atoms with Crippen LogP contribution in [0.5, 0.6) is 0 Å². The van der Waals surface area contributed by atoms with Crippen LogP contribution in [0.15, 0.2) is 30.3 Å². The number of carboxylic acid groups (broad SMARTS) is 1. The summed E-state index contributed by atoms with van der Waals surface area (Å²) in [6, 6.07) is 9.54. The fourth-order valence-corrected chi connectivity index (χ4v) is 2.65. The predicted octanol–water partition coefficient (Wildman–Crippen LogP) is 1.85. The number of benzene rings is 1. The third-order valence-corrected chi connectivity index (χ3v) is 3.78. The van der Waals surface area contributed by atoms with E-state index in [0.29, 0.717) is 6.54 Å². The molecule has 1 aromatic rings. The van der Waals surface area contributed by atoms with Gasteiger partial charge in [-0.2, -0.15) is 0 Å². The molecular formula is C16H22N2O4. The molecule has 1 aliphatic heterocycles. The molecule has 6 heteroatoms. The van der Waals surface area contributed by atoms with E-state index < -0.39 is 12.1 Å². The van der Waals surface area contributed by atoms with Crippen molar-refractivity contribution in [3.05, 3.63) is 35.9 Å². The van der Waals surface area contributed by atoms with Crippen molar-refractivity contribution in [1.82, 2.24) is 10.2 Å². The van der Waals surface area contributed by atoms with Crippen LogP contribution in [0.2, 0.25) is 0 Å². The number of likely N-dealkylation sites (tertiary alicyclic amines) is 1. The normalized spacial score (nSPS) is 18.6. The molecule has 1 heterocycles. The Morgan fingerprint density at radius 3 is 2.77 bits per heavy atom. The third kappa shape index (κ3) is 5.37. The molecule has 0 aromatic heterocycles. The Morgan fingerprint density at radius 2 is 2.05 bits per heavy atom. The zero-order chi connectivity index (χ0) is 15.8. The number of nitrogens with zero attached hydrogens (tertiary/aromatic N) is 1. The van der Waals surface area contributed by atoms with Crippen molar-refractivity contribution < 1.29 is 19.4 Å². The molecule has 0 aliphatic carbocycles. The van der Waals surface area contributed by atoms with Gasteiger partial charge in [0.1, 0.15) is 6.61 Å². The van der Waals surface area contributed by atoms with Crippen molar-refractivity contribution in [2.75, 3.05) is 19.6 Å². The molecular weight excluding hydrogens is 284 g/mol. The number of nitrogens with one attached hydrogen (secondary N) is 1. The lowest BCUT2D eigenvalue weighted by molar-refractivity contribution is -0.139. The number of hydrogen-bond acceptors (Lipinski definition) is 4. The number of alkyl carbamates (subject to hydrolysis) is 1. The number of rotatable bonds is 6. The molecule has 6 nitrogen and oxygen atoms in total. The highest BCUT2D eigenvalue weighted by atomic mass is 16.5. The van der Waals surface area contributed by atoms with Crippen LogP contribution in [0.3, 0.4) is 0 Å². The number of carbonyl (C=O) groups excluding carboxylic acids is 1. The lowest BCUT2D eigenvalue weighted by Crippen LogP contribution is -2.48. The van der Waals surface area contributed by atoms with Crippen LogP contribution >= 0.6 is 0 Å². The van der Waals surface area contributed by atoms with Crippen LogP contribution in [0, 0.1) is 0 Å². The average Bonchev–Trinajstić information content (AvgIpc) is 2.52. The summed E-state index contributed by atoms with van der Waals surface area (Å²) >= 11 is 0. The first-order valence-electron chi connectivity index (χ1n) is 7.55. The fourth-order valence-electron chi connectivity index (χ4n) is 2.65. The van der Waals surface area contributed by atoms with Crippen LogP contribution in [0.4, 0.5) is 4.79 Å². The molecule has 0 unspecified atom stereocenters. The molecule has 1 atom stereocenters. The number of piperidine rings is 1. The number of carboxylic acids is 1. The molecule has 2 N–H and O–H groups in total. The molecule has 1 aromatic carbocycles. The van der Waals surface area contributed by atoms with Gasteiger partial charge in [0.15, 0.2) is 0 Å². The molecule has 0 radical (unpaired) electrons. The SMILES string of the molecule is O=C(O)CN1CCCC[C@@H]1CNC(=O)OCc1ccccc1. The summed E-state index contributed by atoms with van der Waals surface area (Å²) in [5.41, 5.74) is 0.933. The summed E-state index contributed by atoms with van der Waals surface area (Å²) in [6.07, 6.45) is 2.49. The highest BCUT2D eigenvalue weighted by Gasteiger charge is 2.24. The van der Waals surface area contributed by atoms with Crippen LogP contribution in [0.1, 0.15) is 24.8 Å². The van der Waals surface area contributed by atoms with E-state index >= 15 is 0 Å². The number of aliphatic carboxylic acids is 1. The molecule has 120 valence electrons. The molecule has 2 rings (SSSR count). The zero-order valence-electron chi connectivity index (χ0n) is 12.5. The fraction of sp³-hybridized carbons (Fsp3) is 0.500. The summed E-state index contributed by atoms with van der Waals surface area (Å²) < 4.78 is 5.15. The maximum Gasteiger partial charge on any atom is 0.407 e. The van der Waals surface area contributed by atoms with E-state index in [2.05, 4.69) is 5.32 Å². The first-order chi connectivity index (χ1) is 10.6. The maximum absolute atomic E-state index is 11.7. The van der Waals surface area contributed by atoms with Crippen LogP contribution in [-0.2, 0) is 16.1 Å². The summed E-state index contributed by atoms with van der Waals surface area (Å²) in [4.78, 5) is 24.5. The lowest BCUT2D eigenvalue weighted by Gasteiger charge is -2.34. The molecule has 0 spiro atoms. The van der Waals surface area contributed by atoms with E-state index in [1.807, 2.05) is 35.2 Å². The first kappa shape index (κ1) is 16.3. The summed E-state index contributed by atoms with van der Waals surface area (Å²) in [5.74, 6) is -0.835. The van der Waals surface area contributed by atoms with Gasteiger partial charge >= 0.3 is 12.1 Å². The molecule has 22 heavy (non-hydrogen) atoms. The predicted molar refractivity (Wildman–Crippen MR) is 81.5 cm³/mol. The van der Waals surface area contributed by atoms with Gasteiger partial charge in [0, 0.05) is 12.6 Å². The summed E-state index contributed by atoms with van der Waals surface area (Å²) in [5, 5.41) is 11.6. The van der Waals surface area contributed by atoms with Gasteiger partial charge in [0.25, 0.3) is 0 Å². The van der Waals surface area contributed by atoms with Gasteiger partial charge in [0.05, 0.1) is 6.54 Å². The third-order valence-electron chi connectivity index (χ3n) is 3.78. The Hall–Kier alpha value is -2.08. The molecule has 0 bridgehead atoms. The van der Waals surface area contributed by atoms with Crippen LogP contribution < -0.4 is 5.32 Å². The van der Waals surface area contributed by atoms with Gasteiger partial charge in [0.2, 0.25) is 0 Å². The first-order valence-corrected chi connectivity index (χ1v) is 7.55. The van der Waals surface area contributed by atoms with Crippen LogP contribution in [0.25, 0.3) is 0 Å². The second kappa shape index (κ2) is 8.38. The van der Waals surface area contributed by atoms with Gasteiger partial charge in [-0.25, -0.2) is 4.79 Å². The van der Waals surface area contributed by atoms with Crippen molar-refractivity contribution in [3.63, 3.8) is 0 Å². The van der Waals surface area contributed by atoms with E-state index in [4.69, 9.17) is 9.84 Å². The van der Waals surface area contributed by atoms with Crippen molar-refractivity contribution in [1.29, 1.82) is 0 Å².